The van der Waals surface area contributed by atoms with Crippen LogP contribution in [-0.2, 0) is 0 Å². The van der Waals surface area contributed by atoms with Gasteiger partial charge in [0, 0.05) is 26.4 Å². The van der Waals surface area contributed by atoms with Crippen molar-refractivity contribution in [3.63, 3.8) is 0 Å². The number of hydrogen-bond donors (Lipinski definition) is 0. The van der Waals surface area contributed by atoms with Crippen LogP contribution in [0.1, 0.15) is 26.4 Å². The minimum atomic E-state index is 0.0457. The van der Waals surface area contributed by atoms with Gasteiger partial charge in [0.25, 0.3) is 0 Å². The molecule has 82 valence electrons. The van der Waals surface area contributed by atoms with Crippen LogP contribution in [0.15, 0.2) is 29.6 Å². The molecule has 0 amide bonds. The zero-order valence-corrected chi connectivity index (χ0v) is 10.7. The number of halogens is 1. The summed E-state index contributed by atoms with van der Waals surface area (Å²) in [5.74, 6) is 0.0457. The van der Waals surface area contributed by atoms with Crippen molar-refractivity contribution in [1.29, 1.82) is 0 Å². The van der Waals surface area contributed by atoms with Gasteiger partial charge in [-0.15, -0.1) is 11.3 Å². The molecule has 0 saturated heterocycles. The van der Waals surface area contributed by atoms with E-state index in [0.29, 0.717) is 10.6 Å². The second-order valence-corrected chi connectivity index (χ2v) is 5.29. The first-order valence-corrected chi connectivity index (χ1v) is 6.19. The average Bonchev–Trinajstić information content (AvgIpc) is 2.67. The van der Waals surface area contributed by atoms with Gasteiger partial charge in [0.1, 0.15) is 0 Å². The Kier molecular flexibility index (Phi) is 3.13. The Morgan fingerprint density at radius 2 is 2.00 bits per heavy atom. The molecule has 3 heteroatoms. The molecule has 0 aliphatic carbocycles. The molecule has 16 heavy (non-hydrogen) atoms. The lowest BCUT2D eigenvalue weighted by Crippen LogP contribution is -2.02. The molecule has 0 spiro atoms. The van der Waals surface area contributed by atoms with Crippen LogP contribution in [0.25, 0.3) is 0 Å². The first kappa shape index (κ1) is 11.4. The van der Waals surface area contributed by atoms with Crippen LogP contribution in [0.4, 0.5) is 0 Å². The molecule has 2 rings (SSSR count). The quantitative estimate of drug-likeness (QED) is 0.729. The predicted molar refractivity (Wildman–Crippen MR) is 68.7 cm³/mol. The van der Waals surface area contributed by atoms with Crippen LogP contribution in [-0.4, -0.2) is 5.78 Å². The summed E-state index contributed by atoms with van der Waals surface area (Å²) in [6.45, 7) is 3.91. The van der Waals surface area contributed by atoms with Crippen LogP contribution >= 0.6 is 22.9 Å². The number of thiophene rings is 1. The molecule has 0 radical (unpaired) electrons. The van der Waals surface area contributed by atoms with E-state index in [1.165, 1.54) is 0 Å². The third-order valence-corrected chi connectivity index (χ3v) is 3.53. The summed E-state index contributed by atoms with van der Waals surface area (Å²) in [6.07, 6.45) is 0. The number of ketones is 1. The molecule has 0 unspecified atom stereocenters. The van der Waals surface area contributed by atoms with Crippen LogP contribution in [0.5, 0.6) is 0 Å². The van der Waals surface area contributed by atoms with Gasteiger partial charge >= 0.3 is 0 Å². The van der Waals surface area contributed by atoms with Crippen LogP contribution in [0.2, 0.25) is 5.02 Å². The Morgan fingerprint density at radius 3 is 2.62 bits per heavy atom. The third-order valence-electron chi connectivity index (χ3n) is 2.44. The monoisotopic (exact) mass is 250 g/mol. The zero-order valence-electron chi connectivity index (χ0n) is 9.08. The highest BCUT2D eigenvalue weighted by Crippen LogP contribution is 2.21. The summed E-state index contributed by atoms with van der Waals surface area (Å²) in [6, 6.07) is 7.31. The summed E-state index contributed by atoms with van der Waals surface area (Å²) in [4.78, 5) is 13.3. The molecule has 0 atom stereocenters. The van der Waals surface area contributed by atoms with E-state index < -0.39 is 0 Å². The Balaban J connectivity index is 2.45. The molecule has 0 aliphatic rings. The van der Waals surface area contributed by atoms with E-state index >= 15 is 0 Å². The Labute approximate surface area is 104 Å². The van der Waals surface area contributed by atoms with Crippen molar-refractivity contribution in [3.05, 3.63) is 56.2 Å². The second-order valence-electron chi connectivity index (χ2n) is 3.73. The largest absolute Gasteiger partial charge is 0.289 e. The van der Waals surface area contributed by atoms with Gasteiger partial charge in [-0.25, -0.2) is 0 Å². The van der Waals surface area contributed by atoms with Gasteiger partial charge in [0.05, 0.1) is 0 Å². The van der Waals surface area contributed by atoms with Gasteiger partial charge in [0.15, 0.2) is 5.78 Å². The second kappa shape index (κ2) is 4.40. The molecule has 1 heterocycles. The van der Waals surface area contributed by atoms with E-state index in [-0.39, 0.29) is 5.78 Å². The SMILES string of the molecule is Cc1cc(C(=O)c2cc(Cl)ccc2C)cs1. The van der Waals surface area contributed by atoms with Gasteiger partial charge in [-0.1, -0.05) is 17.7 Å². The lowest BCUT2D eigenvalue weighted by atomic mass is 10.0. The topological polar surface area (TPSA) is 17.1 Å². The van der Waals surface area contributed by atoms with E-state index in [1.54, 1.807) is 23.5 Å². The summed E-state index contributed by atoms with van der Waals surface area (Å²) in [5, 5.41) is 2.48. The number of hydrogen-bond acceptors (Lipinski definition) is 2. The molecule has 0 N–H and O–H groups in total. The average molecular weight is 251 g/mol. The number of carbonyl (C=O) groups excluding carboxylic acids is 1. The number of benzene rings is 1. The van der Waals surface area contributed by atoms with Gasteiger partial charge in [-0.3, -0.25) is 4.79 Å². The van der Waals surface area contributed by atoms with E-state index in [0.717, 1.165) is 16.0 Å². The molecule has 1 nitrogen and oxygen atoms in total. The number of rotatable bonds is 2. The van der Waals surface area contributed by atoms with Crippen molar-refractivity contribution in [2.45, 2.75) is 13.8 Å². The highest BCUT2D eigenvalue weighted by Gasteiger charge is 2.13. The number of aryl methyl sites for hydroxylation is 2. The summed E-state index contributed by atoms with van der Waals surface area (Å²) >= 11 is 7.49. The van der Waals surface area contributed by atoms with Gasteiger partial charge in [-0.05, 0) is 37.6 Å². The lowest BCUT2D eigenvalue weighted by Gasteiger charge is -2.03. The van der Waals surface area contributed by atoms with E-state index in [2.05, 4.69) is 0 Å². The zero-order chi connectivity index (χ0) is 11.7. The first-order chi connectivity index (χ1) is 7.58. The maximum atomic E-state index is 12.2. The molecule has 0 fully saturated rings. The van der Waals surface area contributed by atoms with Gasteiger partial charge in [0.2, 0.25) is 0 Å². The predicted octanol–water partition coefficient (Wildman–Crippen LogP) is 4.25. The summed E-state index contributed by atoms with van der Waals surface area (Å²) in [7, 11) is 0. The molecule has 2 aromatic rings. The minimum Gasteiger partial charge on any atom is -0.289 e. The molecule has 1 aromatic heterocycles. The highest BCUT2D eigenvalue weighted by atomic mass is 35.5. The van der Waals surface area contributed by atoms with E-state index in [4.69, 9.17) is 11.6 Å². The van der Waals surface area contributed by atoms with E-state index in [1.807, 2.05) is 31.4 Å². The van der Waals surface area contributed by atoms with Gasteiger partial charge in [-0.2, -0.15) is 0 Å². The first-order valence-electron chi connectivity index (χ1n) is 4.94. The normalized spacial score (nSPS) is 10.4. The maximum absolute atomic E-state index is 12.2. The van der Waals surface area contributed by atoms with Crippen molar-refractivity contribution in [2.75, 3.05) is 0 Å². The Bertz CT molecular complexity index is 543. The highest BCUT2D eigenvalue weighted by molar-refractivity contribution is 7.10. The Morgan fingerprint density at radius 1 is 1.25 bits per heavy atom. The van der Waals surface area contributed by atoms with Crippen LogP contribution < -0.4 is 0 Å². The fourth-order valence-corrected chi connectivity index (χ4v) is 2.41. The third kappa shape index (κ3) is 2.18. The lowest BCUT2D eigenvalue weighted by molar-refractivity contribution is 0.103. The molecule has 0 aliphatic heterocycles. The Hall–Kier alpha value is -1.12. The van der Waals surface area contributed by atoms with Crippen molar-refractivity contribution in [3.8, 4) is 0 Å². The summed E-state index contributed by atoms with van der Waals surface area (Å²) in [5.41, 5.74) is 2.39. The fourth-order valence-electron chi connectivity index (χ4n) is 1.56. The van der Waals surface area contributed by atoms with E-state index in [9.17, 15) is 4.79 Å². The molecular weight excluding hydrogens is 240 g/mol. The molecule has 0 saturated carbocycles. The maximum Gasteiger partial charge on any atom is 0.194 e. The smallest absolute Gasteiger partial charge is 0.194 e. The van der Waals surface area contributed by atoms with Crippen molar-refractivity contribution in [1.82, 2.24) is 0 Å². The van der Waals surface area contributed by atoms with Crippen molar-refractivity contribution in [2.24, 2.45) is 0 Å². The molecule has 1 aromatic carbocycles. The standard InChI is InChI=1S/C13H11ClOS/c1-8-3-4-11(14)6-12(8)13(15)10-5-9(2)16-7-10/h3-7H,1-2H3. The molecular formula is C13H11ClOS. The minimum absolute atomic E-state index is 0.0457. The molecule has 0 bridgehead atoms. The van der Waals surface area contributed by atoms with Crippen molar-refractivity contribution >= 4 is 28.7 Å². The number of carbonyl (C=O) groups is 1. The van der Waals surface area contributed by atoms with Gasteiger partial charge < -0.3 is 0 Å². The van der Waals surface area contributed by atoms with Crippen LogP contribution in [0.3, 0.4) is 0 Å². The fraction of sp³-hybridized carbons (Fsp3) is 0.154. The van der Waals surface area contributed by atoms with Crippen LogP contribution in [0, 0.1) is 13.8 Å². The van der Waals surface area contributed by atoms with Crippen molar-refractivity contribution < 1.29 is 4.79 Å². The summed E-state index contributed by atoms with van der Waals surface area (Å²) < 4.78 is 0.